The van der Waals surface area contributed by atoms with E-state index in [2.05, 4.69) is 22.0 Å². The predicted molar refractivity (Wildman–Crippen MR) is 132 cm³/mol. The Hall–Kier alpha value is -3.01. The first-order chi connectivity index (χ1) is 16.2. The first kappa shape index (κ1) is 24.1. The number of halogens is 1. The maximum atomic E-state index is 13.4. The molecule has 1 aliphatic heterocycles. The highest BCUT2D eigenvalue weighted by atomic mass is 35.5. The standard InChI is InChI=1S/C24H29ClN6O3/c1-15-7-5-4-6-10-30(15)24(34)19-13-21(29(2)3)31-20(27-19)12-18(28-31)23-17(25)11-16(14-26-23)8-9-22(32)33/h8-9,11-15,22,32-33H,4-7,10H2,1-3H3/b9-8+/t15-/m1/s1. The van der Waals surface area contributed by atoms with Crippen molar-refractivity contribution < 1.29 is 15.0 Å². The molecule has 1 aliphatic rings. The Labute approximate surface area is 203 Å². The summed E-state index contributed by atoms with van der Waals surface area (Å²) in [5.41, 5.74) is 2.52. The van der Waals surface area contributed by atoms with Crippen LogP contribution in [0.15, 0.2) is 30.5 Å². The number of anilines is 1. The van der Waals surface area contributed by atoms with Crippen LogP contribution in [0.2, 0.25) is 5.02 Å². The van der Waals surface area contributed by atoms with Crippen molar-refractivity contribution in [1.29, 1.82) is 0 Å². The number of fused-ring (bicyclic) bond motifs is 1. The number of aliphatic hydroxyl groups is 2. The third kappa shape index (κ3) is 5.06. The Morgan fingerprint density at radius 2 is 2.03 bits per heavy atom. The lowest BCUT2D eigenvalue weighted by molar-refractivity contribution is 0.00303. The summed E-state index contributed by atoms with van der Waals surface area (Å²) in [6.45, 7) is 2.83. The fourth-order valence-electron chi connectivity index (χ4n) is 4.16. The topological polar surface area (TPSA) is 107 Å². The molecule has 9 nitrogen and oxygen atoms in total. The second-order valence-corrected chi connectivity index (χ2v) is 9.17. The number of rotatable bonds is 5. The van der Waals surface area contributed by atoms with E-state index in [1.807, 2.05) is 23.9 Å². The molecule has 3 aromatic heterocycles. The molecule has 2 N–H and O–H groups in total. The number of aromatic nitrogens is 4. The molecule has 1 fully saturated rings. The van der Waals surface area contributed by atoms with Gasteiger partial charge in [0.05, 0.1) is 5.02 Å². The Bertz CT molecular complexity index is 1220. The smallest absolute Gasteiger partial charge is 0.272 e. The summed E-state index contributed by atoms with van der Waals surface area (Å²) in [4.78, 5) is 26.3. The van der Waals surface area contributed by atoms with Crippen LogP contribution in [-0.2, 0) is 0 Å². The highest BCUT2D eigenvalue weighted by molar-refractivity contribution is 6.33. The second-order valence-electron chi connectivity index (χ2n) is 8.76. The summed E-state index contributed by atoms with van der Waals surface area (Å²) >= 11 is 6.46. The fraction of sp³-hybridized carbons (Fsp3) is 0.417. The third-order valence-corrected chi connectivity index (χ3v) is 6.25. The molecule has 4 rings (SSSR count). The van der Waals surface area contributed by atoms with Crippen molar-refractivity contribution in [1.82, 2.24) is 24.5 Å². The van der Waals surface area contributed by atoms with Crippen LogP contribution in [0, 0.1) is 0 Å². The molecule has 0 unspecified atom stereocenters. The van der Waals surface area contributed by atoms with Crippen LogP contribution >= 0.6 is 11.6 Å². The summed E-state index contributed by atoms with van der Waals surface area (Å²) in [6, 6.07) is 5.38. The fourth-order valence-corrected chi connectivity index (χ4v) is 4.43. The molecule has 0 radical (unpaired) electrons. The van der Waals surface area contributed by atoms with E-state index < -0.39 is 6.29 Å². The van der Waals surface area contributed by atoms with Gasteiger partial charge < -0.3 is 20.0 Å². The minimum absolute atomic E-state index is 0.0684. The molecule has 1 atom stereocenters. The van der Waals surface area contributed by atoms with Gasteiger partial charge in [-0.05, 0) is 37.5 Å². The lowest BCUT2D eigenvalue weighted by atomic mass is 10.1. The molecule has 34 heavy (non-hydrogen) atoms. The van der Waals surface area contributed by atoms with Crippen LogP contribution in [0.5, 0.6) is 0 Å². The first-order valence-electron chi connectivity index (χ1n) is 11.3. The minimum Gasteiger partial charge on any atom is -0.365 e. The number of hydrogen-bond acceptors (Lipinski definition) is 7. The van der Waals surface area contributed by atoms with Gasteiger partial charge in [0.1, 0.15) is 22.9 Å². The van der Waals surface area contributed by atoms with Crippen molar-refractivity contribution in [3.8, 4) is 11.4 Å². The molecule has 0 spiro atoms. The number of likely N-dealkylation sites (tertiary alicyclic amines) is 1. The lowest BCUT2D eigenvalue weighted by Gasteiger charge is -2.27. The van der Waals surface area contributed by atoms with Crippen molar-refractivity contribution in [2.75, 3.05) is 25.5 Å². The van der Waals surface area contributed by atoms with E-state index in [0.717, 1.165) is 38.0 Å². The predicted octanol–water partition coefficient (Wildman–Crippen LogP) is 3.24. The number of carbonyl (C=O) groups excluding carboxylic acids is 1. The van der Waals surface area contributed by atoms with E-state index in [9.17, 15) is 4.79 Å². The summed E-state index contributed by atoms with van der Waals surface area (Å²) in [5.74, 6) is 0.649. The zero-order valence-electron chi connectivity index (χ0n) is 19.5. The highest BCUT2D eigenvalue weighted by Crippen LogP contribution is 2.28. The number of nitrogens with zero attached hydrogens (tertiary/aromatic N) is 6. The van der Waals surface area contributed by atoms with Crippen molar-refractivity contribution >= 4 is 35.0 Å². The Morgan fingerprint density at radius 1 is 1.24 bits per heavy atom. The monoisotopic (exact) mass is 484 g/mol. The number of amides is 1. The number of carbonyl (C=O) groups is 1. The van der Waals surface area contributed by atoms with Crippen molar-refractivity contribution in [2.24, 2.45) is 0 Å². The molecule has 0 aliphatic carbocycles. The van der Waals surface area contributed by atoms with E-state index in [-0.39, 0.29) is 11.9 Å². The maximum absolute atomic E-state index is 13.4. The average molecular weight is 485 g/mol. The largest absolute Gasteiger partial charge is 0.365 e. The van der Waals surface area contributed by atoms with Gasteiger partial charge in [0, 0.05) is 45.0 Å². The molecule has 180 valence electrons. The van der Waals surface area contributed by atoms with E-state index in [1.54, 1.807) is 28.9 Å². The Balaban J connectivity index is 1.73. The van der Waals surface area contributed by atoms with Crippen molar-refractivity contribution in [2.45, 2.75) is 44.9 Å². The van der Waals surface area contributed by atoms with Gasteiger partial charge in [-0.15, -0.1) is 0 Å². The average Bonchev–Trinajstić information content (AvgIpc) is 3.10. The number of aliphatic hydroxyl groups excluding tert-OH is 1. The first-order valence-corrected chi connectivity index (χ1v) is 11.7. The summed E-state index contributed by atoms with van der Waals surface area (Å²) in [7, 11) is 3.78. The van der Waals surface area contributed by atoms with E-state index in [1.165, 1.54) is 12.2 Å². The number of hydrogen-bond donors (Lipinski definition) is 2. The minimum atomic E-state index is -1.55. The summed E-state index contributed by atoms with van der Waals surface area (Å²) < 4.78 is 1.67. The van der Waals surface area contributed by atoms with Gasteiger partial charge in [-0.2, -0.15) is 9.61 Å². The van der Waals surface area contributed by atoms with Crippen LogP contribution in [-0.4, -0.2) is 73.6 Å². The Morgan fingerprint density at radius 3 is 2.74 bits per heavy atom. The molecule has 1 amide bonds. The highest BCUT2D eigenvalue weighted by Gasteiger charge is 2.26. The van der Waals surface area contributed by atoms with Gasteiger partial charge in [0.2, 0.25) is 0 Å². The zero-order chi connectivity index (χ0) is 24.4. The summed E-state index contributed by atoms with van der Waals surface area (Å²) in [5, 5.41) is 23.0. The van der Waals surface area contributed by atoms with Gasteiger partial charge in [-0.25, -0.2) is 4.98 Å². The van der Waals surface area contributed by atoms with Gasteiger partial charge in [-0.1, -0.05) is 30.5 Å². The molecule has 1 saturated heterocycles. The van der Waals surface area contributed by atoms with Crippen LogP contribution in [0.3, 0.4) is 0 Å². The van der Waals surface area contributed by atoms with Crippen LogP contribution < -0.4 is 4.90 Å². The van der Waals surface area contributed by atoms with Gasteiger partial charge in [0.25, 0.3) is 5.91 Å². The maximum Gasteiger partial charge on any atom is 0.272 e. The SMILES string of the molecule is C[C@@H]1CCCCCN1C(=O)c1cc(N(C)C)n2nc(-c3ncc(/C=C/C(O)O)cc3Cl)cc2n1. The molecule has 10 heteroatoms. The normalized spacial score (nSPS) is 17.0. The van der Waals surface area contributed by atoms with E-state index >= 15 is 0 Å². The van der Waals surface area contributed by atoms with Crippen LogP contribution in [0.4, 0.5) is 5.82 Å². The zero-order valence-corrected chi connectivity index (χ0v) is 20.3. The summed E-state index contributed by atoms with van der Waals surface area (Å²) in [6.07, 6.45) is 7.02. The van der Waals surface area contributed by atoms with Gasteiger partial charge >= 0.3 is 0 Å². The molecule has 0 aromatic carbocycles. The van der Waals surface area contributed by atoms with Crippen molar-refractivity contribution in [3.05, 3.63) is 46.8 Å². The molecule has 0 saturated carbocycles. The van der Waals surface area contributed by atoms with Gasteiger partial charge in [-0.3, -0.25) is 9.78 Å². The van der Waals surface area contributed by atoms with Crippen LogP contribution in [0.1, 0.15) is 48.7 Å². The molecule has 3 aromatic rings. The van der Waals surface area contributed by atoms with Crippen molar-refractivity contribution in [3.63, 3.8) is 0 Å². The lowest BCUT2D eigenvalue weighted by Crippen LogP contribution is -2.38. The van der Waals surface area contributed by atoms with Gasteiger partial charge in [0.15, 0.2) is 11.9 Å². The quantitative estimate of drug-likeness (QED) is 0.535. The molecule has 0 bridgehead atoms. The number of pyridine rings is 1. The van der Waals surface area contributed by atoms with E-state index in [0.29, 0.717) is 33.3 Å². The Kier molecular flexibility index (Phi) is 7.16. The van der Waals surface area contributed by atoms with Crippen LogP contribution in [0.25, 0.3) is 23.1 Å². The molecular weight excluding hydrogens is 456 g/mol. The van der Waals surface area contributed by atoms with E-state index in [4.69, 9.17) is 21.8 Å². The second kappa shape index (κ2) is 10.1. The third-order valence-electron chi connectivity index (χ3n) is 5.97. The molecule has 4 heterocycles. The molecular formula is C24H29ClN6O3.